The van der Waals surface area contributed by atoms with Gasteiger partial charge in [-0.1, -0.05) is 51.9 Å². The van der Waals surface area contributed by atoms with Crippen molar-refractivity contribution in [2.75, 3.05) is 45.4 Å². The number of ether oxygens (including phenoxy) is 1. The second kappa shape index (κ2) is 18.7. The number of sulfone groups is 1. The molecule has 0 saturated carbocycles. The highest BCUT2D eigenvalue weighted by atomic mass is 127. The van der Waals surface area contributed by atoms with Gasteiger partial charge < -0.3 is 15.4 Å². The zero-order valence-corrected chi connectivity index (χ0v) is 19.3. The summed E-state index contributed by atoms with van der Waals surface area (Å²) in [6.07, 6.45) is 11.7. The number of nitrogens with one attached hydrogen (secondary N) is 2. The second-order valence-electron chi connectivity index (χ2n) is 6.14. The molecule has 0 unspecified atom stereocenters. The maximum absolute atomic E-state index is 11.0. The quantitative estimate of drug-likeness (QED) is 0.159. The molecule has 0 aromatic carbocycles. The number of unbranched alkanes of at least 4 members (excludes halogenated alkanes) is 7. The average molecular weight is 491 g/mol. The highest BCUT2D eigenvalue weighted by Crippen LogP contribution is 2.07. The van der Waals surface area contributed by atoms with E-state index >= 15 is 0 Å². The topological polar surface area (TPSA) is 79.8 Å². The van der Waals surface area contributed by atoms with Crippen LogP contribution < -0.4 is 10.6 Å². The number of nitrogens with zero attached hydrogens (tertiary/aromatic N) is 1. The van der Waals surface area contributed by atoms with Crippen molar-refractivity contribution in [2.24, 2.45) is 4.99 Å². The third-order valence-electron chi connectivity index (χ3n) is 3.68. The van der Waals surface area contributed by atoms with E-state index in [-0.39, 0.29) is 36.3 Å². The molecule has 8 heteroatoms. The largest absolute Gasteiger partial charge is 0.379 e. The van der Waals surface area contributed by atoms with E-state index in [1.807, 2.05) is 0 Å². The van der Waals surface area contributed by atoms with Crippen molar-refractivity contribution in [1.82, 2.24) is 10.6 Å². The van der Waals surface area contributed by atoms with Crippen molar-refractivity contribution in [1.29, 1.82) is 0 Å². The van der Waals surface area contributed by atoms with Crippen molar-refractivity contribution in [3.8, 4) is 0 Å². The maximum atomic E-state index is 11.0. The Labute approximate surface area is 171 Å². The van der Waals surface area contributed by atoms with Gasteiger partial charge in [-0.3, -0.25) is 4.99 Å². The molecular formula is C17H38IN3O3S. The Morgan fingerprint density at radius 3 is 2.04 bits per heavy atom. The fraction of sp³-hybridized carbons (Fsp3) is 0.941. The standard InChI is InChI=1S/C17H37N3O3S.HI/c1-4-5-6-7-8-9-10-11-12-19-17(18-2)20-13-14-23-15-16-24(3,21)22;/h4-16H2,1-3H3,(H2,18,19,20);1H. The van der Waals surface area contributed by atoms with Crippen LogP contribution in [-0.4, -0.2) is 59.7 Å². The van der Waals surface area contributed by atoms with Crippen molar-refractivity contribution in [3.05, 3.63) is 0 Å². The summed E-state index contributed by atoms with van der Waals surface area (Å²) in [5.41, 5.74) is 0. The van der Waals surface area contributed by atoms with Crippen LogP contribution in [0.5, 0.6) is 0 Å². The van der Waals surface area contributed by atoms with Gasteiger partial charge in [-0.2, -0.15) is 0 Å². The van der Waals surface area contributed by atoms with E-state index in [9.17, 15) is 8.42 Å². The summed E-state index contributed by atoms with van der Waals surface area (Å²) in [6, 6.07) is 0. The van der Waals surface area contributed by atoms with Gasteiger partial charge in [0.1, 0.15) is 9.84 Å². The van der Waals surface area contributed by atoms with Crippen LogP contribution in [0.15, 0.2) is 4.99 Å². The smallest absolute Gasteiger partial charge is 0.191 e. The summed E-state index contributed by atoms with van der Waals surface area (Å²) >= 11 is 0. The minimum atomic E-state index is -2.94. The van der Waals surface area contributed by atoms with Crippen LogP contribution in [0.3, 0.4) is 0 Å². The van der Waals surface area contributed by atoms with Gasteiger partial charge in [-0.15, -0.1) is 24.0 Å². The van der Waals surface area contributed by atoms with E-state index in [4.69, 9.17) is 4.74 Å². The predicted octanol–water partition coefficient (Wildman–Crippen LogP) is 2.97. The Hall–Kier alpha value is -0.0900. The van der Waals surface area contributed by atoms with Crippen LogP contribution in [0, 0.1) is 0 Å². The molecule has 6 nitrogen and oxygen atoms in total. The van der Waals surface area contributed by atoms with Gasteiger partial charge in [-0.05, 0) is 6.42 Å². The predicted molar refractivity (Wildman–Crippen MR) is 118 cm³/mol. The molecule has 0 saturated heterocycles. The molecule has 0 heterocycles. The first-order chi connectivity index (χ1) is 11.5. The molecule has 0 aromatic heterocycles. The highest BCUT2D eigenvalue weighted by molar-refractivity contribution is 14.0. The minimum absolute atomic E-state index is 0. The minimum Gasteiger partial charge on any atom is -0.379 e. The lowest BCUT2D eigenvalue weighted by atomic mass is 10.1. The van der Waals surface area contributed by atoms with Crippen LogP contribution in [0.2, 0.25) is 0 Å². The summed E-state index contributed by atoms with van der Waals surface area (Å²) < 4.78 is 27.2. The van der Waals surface area contributed by atoms with Crippen molar-refractivity contribution < 1.29 is 13.2 Å². The summed E-state index contributed by atoms with van der Waals surface area (Å²) in [5, 5.41) is 6.44. The van der Waals surface area contributed by atoms with Gasteiger partial charge in [0.2, 0.25) is 0 Å². The Balaban J connectivity index is 0. The summed E-state index contributed by atoms with van der Waals surface area (Å²) in [4.78, 5) is 4.16. The van der Waals surface area contributed by atoms with Crippen molar-refractivity contribution in [2.45, 2.75) is 58.3 Å². The van der Waals surface area contributed by atoms with Crippen molar-refractivity contribution in [3.63, 3.8) is 0 Å². The zero-order valence-electron chi connectivity index (χ0n) is 16.2. The van der Waals surface area contributed by atoms with E-state index in [2.05, 4.69) is 22.5 Å². The molecule has 152 valence electrons. The lowest BCUT2D eigenvalue weighted by Gasteiger charge is -2.12. The van der Waals surface area contributed by atoms with Gasteiger partial charge in [0.25, 0.3) is 0 Å². The second-order valence-corrected chi connectivity index (χ2v) is 8.40. The van der Waals surface area contributed by atoms with E-state index in [0.717, 1.165) is 18.9 Å². The van der Waals surface area contributed by atoms with Crippen LogP contribution in [0.25, 0.3) is 0 Å². The maximum Gasteiger partial charge on any atom is 0.191 e. The molecule has 0 atom stereocenters. The molecule has 0 rings (SSSR count). The summed E-state index contributed by atoms with van der Waals surface area (Å²) in [7, 11) is -1.20. The summed E-state index contributed by atoms with van der Waals surface area (Å²) in [5.74, 6) is 0.836. The Morgan fingerprint density at radius 1 is 0.920 bits per heavy atom. The van der Waals surface area contributed by atoms with Gasteiger partial charge in [0.05, 0.1) is 19.0 Å². The molecule has 0 radical (unpaired) electrons. The number of hydrogen-bond donors (Lipinski definition) is 2. The average Bonchev–Trinajstić information content (AvgIpc) is 2.53. The first-order valence-electron chi connectivity index (χ1n) is 9.19. The van der Waals surface area contributed by atoms with Gasteiger partial charge >= 0.3 is 0 Å². The zero-order chi connectivity index (χ0) is 18.1. The molecule has 0 aliphatic heterocycles. The summed E-state index contributed by atoms with van der Waals surface area (Å²) in [6.45, 7) is 4.48. The monoisotopic (exact) mass is 491 g/mol. The van der Waals surface area contributed by atoms with Crippen LogP contribution >= 0.6 is 24.0 Å². The Kier molecular flexibility index (Phi) is 20.3. The number of guanidine groups is 1. The van der Waals surface area contributed by atoms with E-state index < -0.39 is 9.84 Å². The first kappa shape index (κ1) is 27.1. The third-order valence-corrected chi connectivity index (χ3v) is 4.59. The van der Waals surface area contributed by atoms with Gasteiger partial charge in [-0.25, -0.2) is 8.42 Å². The van der Waals surface area contributed by atoms with E-state index in [1.165, 1.54) is 51.2 Å². The van der Waals surface area contributed by atoms with Gasteiger partial charge in [0.15, 0.2) is 5.96 Å². The molecule has 0 aromatic rings. The normalized spacial score (nSPS) is 11.9. The number of halogens is 1. The molecule has 0 fully saturated rings. The number of rotatable bonds is 15. The van der Waals surface area contributed by atoms with Crippen LogP contribution in [0.1, 0.15) is 58.3 Å². The lowest BCUT2D eigenvalue weighted by Crippen LogP contribution is -2.39. The highest BCUT2D eigenvalue weighted by Gasteiger charge is 2.01. The van der Waals surface area contributed by atoms with Crippen LogP contribution in [0.4, 0.5) is 0 Å². The fourth-order valence-electron chi connectivity index (χ4n) is 2.24. The first-order valence-corrected chi connectivity index (χ1v) is 11.3. The fourth-order valence-corrected chi connectivity index (χ4v) is 2.66. The Morgan fingerprint density at radius 2 is 1.48 bits per heavy atom. The molecule has 0 spiro atoms. The molecule has 0 amide bonds. The van der Waals surface area contributed by atoms with Gasteiger partial charge in [0, 0.05) is 26.4 Å². The number of aliphatic imine (C=N–C) groups is 1. The molecule has 0 aliphatic rings. The van der Waals surface area contributed by atoms with Crippen LogP contribution in [-0.2, 0) is 14.6 Å². The molecular weight excluding hydrogens is 453 g/mol. The number of hydrogen-bond acceptors (Lipinski definition) is 4. The van der Waals surface area contributed by atoms with Crippen molar-refractivity contribution >= 4 is 39.8 Å². The Bertz CT molecular complexity index is 417. The molecule has 0 bridgehead atoms. The molecule has 0 aliphatic carbocycles. The third kappa shape index (κ3) is 21.9. The van der Waals surface area contributed by atoms with E-state index in [1.54, 1.807) is 7.05 Å². The lowest BCUT2D eigenvalue weighted by molar-refractivity contribution is 0.154. The van der Waals surface area contributed by atoms with E-state index in [0.29, 0.717) is 13.2 Å². The SMILES string of the molecule is CCCCCCCCCCNC(=NC)NCCOCCS(C)(=O)=O.I. The molecule has 2 N–H and O–H groups in total. The molecule has 25 heavy (non-hydrogen) atoms.